The number of aromatic nitrogens is 1. The van der Waals surface area contributed by atoms with Gasteiger partial charge in [-0.3, -0.25) is 9.59 Å². The van der Waals surface area contributed by atoms with Crippen molar-refractivity contribution in [2.45, 2.75) is 91.1 Å². The molecule has 2 N–H and O–H groups in total. The highest BCUT2D eigenvalue weighted by Gasteiger charge is 2.46. The lowest BCUT2D eigenvalue weighted by Gasteiger charge is -2.35. The van der Waals surface area contributed by atoms with Crippen LogP contribution in [0.4, 0.5) is 4.79 Å². The Morgan fingerprint density at radius 1 is 0.922 bits per heavy atom. The average Bonchev–Trinajstić information content (AvgIpc) is 3.79. The SMILES string of the molecule is Cc1ncsc1-c1ccc(CNC(=O)[C@@H]2C[C@H](OC(C)(C)C)CN2C(=O)[C@@H](NC(=O)OCC2c3ccccc3-c3ccccc32)C(C)(C)C)cc1. The van der Waals surface area contributed by atoms with Gasteiger partial charge in [-0.2, -0.15) is 0 Å². The highest BCUT2D eigenvalue weighted by molar-refractivity contribution is 7.13. The molecule has 10 heteroatoms. The van der Waals surface area contributed by atoms with E-state index in [0.717, 1.165) is 44.0 Å². The summed E-state index contributed by atoms with van der Waals surface area (Å²) in [5.74, 6) is -0.720. The van der Waals surface area contributed by atoms with Crippen molar-refractivity contribution in [2.24, 2.45) is 5.41 Å². The minimum Gasteiger partial charge on any atom is -0.449 e. The van der Waals surface area contributed by atoms with E-state index in [1.54, 1.807) is 16.2 Å². The first kappa shape index (κ1) is 36.3. The smallest absolute Gasteiger partial charge is 0.407 e. The molecule has 1 aliphatic carbocycles. The molecule has 2 heterocycles. The fourth-order valence-corrected chi connectivity index (χ4v) is 7.92. The molecule has 0 saturated carbocycles. The van der Waals surface area contributed by atoms with E-state index in [1.807, 2.05) is 103 Å². The molecule has 3 atom stereocenters. The minimum absolute atomic E-state index is 0.109. The molecule has 0 bridgehead atoms. The van der Waals surface area contributed by atoms with Gasteiger partial charge in [0.15, 0.2) is 0 Å². The number of aryl methyl sites for hydroxylation is 1. The van der Waals surface area contributed by atoms with E-state index in [0.29, 0.717) is 13.0 Å². The number of hydrogen-bond donors (Lipinski definition) is 2. The molecule has 1 saturated heterocycles. The molecule has 51 heavy (non-hydrogen) atoms. The normalized spacial score (nSPS) is 17.8. The summed E-state index contributed by atoms with van der Waals surface area (Å²) in [7, 11) is 0. The lowest BCUT2D eigenvalue weighted by atomic mass is 9.85. The van der Waals surface area contributed by atoms with E-state index in [-0.39, 0.29) is 37.0 Å². The van der Waals surface area contributed by atoms with Gasteiger partial charge in [0.05, 0.1) is 27.8 Å². The Kier molecular flexibility index (Phi) is 10.4. The highest BCUT2D eigenvalue weighted by atomic mass is 32.1. The van der Waals surface area contributed by atoms with Crippen molar-refractivity contribution >= 4 is 29.2 Å². The quantitative estimate of drug-likeness (QED) is 0.187. The van der Waals surface area contributed by atoms with E-state index in [1.165, 1.54) is 0 Å². The van der Waals surface area contributed by atoms with Crippen LogP contribution in [0.3, 0.4) is 0 Å². The van der Waals surface area contributed by atoms with Crippen LogP contribution in [0.25, 0.3) is 21.6 Å². The summed E-state index contributed by atoms with van der Waals surface area (Å²) in [4.78, 5) is 48.7. The summed E-state index contributed by atoms with van der Waals surface area (Å²) >= 11 is 1.60. The number of carbonyl (C=O) groups is 3. The number of nitrogens with one attached hydrogen (secondary N) is 2. The third-order valence-corrected chi connectivity index (χ3v) is 10.5. The molecule has 0 unspecified atom stereocenters. The monoisotopic (exact) mass is 708 g/mol. The van der Waals surface area contributed by atoms with E-state index in [4.69, 9.17) is 9.47 Å². The molecule has 1 fully saturated rings. The predicted molar refractivity (Wildman–Crippen MR) is 200 cm³/mol. The molecule has 9 nitrogen and oxygen atoms in total. The van der Waals surface area contributed by atoms with Gasteiger partial charge < -0.3 is 25.0 Å². The largest absolute Gasteiger partial charge is 0.449 e. The highest BCUT2D eigenvalue weighted by Crippen LogP contribution is 2.44. The Hall–Kier alpha value is -4.54. The van der Waals surface area contributed by atoms with Gasteiger partial charge in [0.25, 0.3) is 0 Å². The summed E-state index contributed by atoms with van der Waals surface area (Å²) < 4.78 is 12.1. The zero-order valence-electron chi connectivity index (χ0n) is 30.5. The van der Waals surface area contributed by atoms with Crippen LogP contribution in [0.1, 0.15) is 76.3 Å². The zero-order chi connectivity index (χ0) is 36.5. The Morgan fingerprint density at radius 3 is 2.12 bits per heavy atom. The van der Waals surface area contributed by atoms with Crippen molar-refractivity contribution in [1.29, 1.82) is 0 Å². The summed E-state index contributed by atoms with van der Waals surface area (Å²) in [5, 5.41) is 5.93. The van der Waals surface area contributed by atoms with Crippen LogP contribution in [0, 0.1) is 12.3 Å². The maximum absolute atomic E-state index is 14.4. The lowest BCUT2D eigenvalue weighted by molar-refractivity contribution is -0.142. The number of fused-ring (bicyclic) bond motifs is 3. The average molecular weight is 709 g/mol. The number of thiazole rings is 1. The number of benzene rings is 3. The van der Waals surface area contributed by atoms with Crippen molar-refractivity contribution in [3.05, 3.63) is 101 Å². The van der Waals surface area contributed by atoms with Gasteiger partial charge in [-0.05, 0) is 66.5 Å². The van der Waals surface area contributed by atoms with Crippen molar-refractivity contribution in [3.63, 3.8) is 0 Å². The summed E-state index contributed by atoms with van der Waals surface area (Å²) in [5.41, 5.74) is 8.19. The molecule has 268 valence electrons. The molecule has 2 aliphatic rings. The topological polar surface area (TPSA) is 110 Å². The maximum atomic E-state index is 14.4. The number of alkyl carbamates (subject to hydrolysis) is 1. The van der Waals surface area contributed by atoms with Gasteiger partial charge in [0.1, 0.15) is 18.7 Å². The van der Waals surface area contributed by atoms with Crippen molar-refractivity contribution in [3.8, 4) is 21.6 Å². The molecule has 0 radical (unpaired) electrons. The fraction of sp³-hybridized carbons (Fsp3) is 0.415. The predicted octanol–water partition coefficient (Wildman–Crippen LogP) is 7.47. The van der Waals surface area contributed by atoms with Crippen molar-refractivity contribution in [1.82, 2.24) is 20.5 Å². The van der Waals surface area contributed by atoms with E-state index in [9.17, 15) is 14.4 Å². The fourth-order valence-electron chi connectivity index (χ4n) is 7.11. The summed E-state index contributed by atoms with van der Waals surface area (Å²) in [6.07, 6.45) is -0.674. The second-order valence-corrected chi connectivity index (χ2v) is 16.4. The number of hydrogen-bond acceptors (Lipinski definition) is 7. The Balaban J connectivity index is 1.14. The second kappa shape index (κ2) is 14.6. The first-order chi connectivity index (χ1) is 24.2. The van der Waals surface area contributed by atoms with Crippen molar-refractivity contribution in [2.75, 3.05) is 13.2 Å². The van der Waals surface area contributed by atoms with Crippen LogP contribution in [-0.4, -0.2) is 64.7 Å². The van der Waals surface area contributed by atoms with Crippen LogP contribution in [0.15, 0.2) is 78.3 Å². The molecule has 0 spiro atoms. The first-order valence-electron chi connectivity index (χ1n) is 17.6. The number of nitrogens with zero attached hydrogens (tertiary/aromatic N) is 2. The molecule has 1 aliphatic heterocycles. The number of carbonyl (C=O) groups excluding carboxylic acids is 3. The molecule has 3 amide bonds. The molecular formula is C41H48N4O5S. The lowest BCUT2D eigenvalue weighted by Crippen LogP contribution is -2.57. The van der Waals surface area contributed by atoms with Crippen LogP contribution in [-0.2, 0) is 25.6 Å². The zero-order valence-corrected chi connectivity index (χ0v) is 31.3. The number of ether oxygens (including phenoxy) is 2. The Morgan fingerprint density at radius 2 is 1.55 bits per heavy atom. The summed E-state index contributed by atoms with van der Waals surface area (Å²) in [6, 6.07) is 22.6. The third-order valence-electron chi connectivity index (χ3n) is 9.52. The number of likely N-dealkylation sites (tertiary alicyclic amines) is 1. The van der Waals surface area contributed by atoms with E-state index < -0.39 is 29.2 Å². The first-order valence-corrected chi connectivity index (χ1v) is 18.4. The van der Waals surface area contributed by atoms with Crippen LogP contribution in [0.2, 0.25) is 0 Å². The van der Waals surface area contributed by atoms with Crippen LogP contribution < -0.4 is 10.6 Å². The Labute approximate surface area is 304 Å². The van der Waals surface area contributed by atoms with Gasteiger partial charge in [-0.25, -0.2) is 9.78 Å². The van der Waals surface area contributed by atoms with Gasteiger partial charge in [0, 0.05) is 25.4 Å². The standard InChI is InChI=1S/C41H48N4O5S/c1-25-35(51-24-43-25)27-18-16-26(17-19-27)21-42-37(46)34-20-28(50-41(5,6)7)22-45(34)38(47)36(40(2,3)4)44-39(48)49-23-33-31-14-10-8-12-29(31)30-13-9-11-15-32(30)33/h8-19,24,28,33-34,36H,20-23H2,1-7H3,(H,42,46)(H,44,48)/t28-,34-,36+/m0/s1. The van der Waals surface area contributed by atoms with Crippen molar-refractivity contribution < 1.29 is 23.9 Å². The number of rotatable bonds is 9. The second-order valence-electron chi connectivity index (χ2n) is 15.5. The van der Waals surface area contributed by atoms with Crippen LogP contribution >= 0.6 is 11.3 Å². The van der Waals surface area contributed by atoms with Gasteiger partial charge >= 0.3 is 6.09 Å². The molecular weight excluding hydrogens is 661 g/mol. The van der Waals surface area contributed by atoms with E-state index >= 15 is 0 Å². The van der Waals surface area contributed by atoms with Gasteiger partial charge in [-0.1, -0.05) is 93.6 Å². The maximum Gasteiger partial charge on any atom is 0.407 e. The Bertz CT molecular complexity index is 1850. The third kappa shape index (κ3) is 8.18. The van der Waals surface area contributed by atoms with E-state index in [2.05, 4.69) is 39.9 Å². The molecule has 3 aromatic carbocycles. The molecule has 1 aromatic heterocycles. The van der Waals surface area contributed by atoms with Gasteiger partial charge in [0.2, 0.25) is 11.8 Å². The molecule has 6 rings (SSSR count). The van der Waals surface area contributed by atoms with Crippen LogP contribution in [0.5, 0.6) is 0 Å². The number of amides is 3. The summed E-state index contributed by atoms with van der Waals surface area (Å²) in [6.45, 7) is 14.2. The molecule has 4 aromatic rings. The van der Waals surface area contributed by atoms with Gasteiger partial charge in [-0.15, -0.1) is 11.3 Å². The minimum atomic E-state index is -0.945.